The van der Waals surface area contributed by atoms with Gasteiger partial charge in [0.2, 0.25) is 0 Å². The molecule has 3 aromatic rings. The molecule has 0 fully saturated rings. The summed E-state index contributed by atoms with van der Waals surface area (Å²) in [7, 11) is 0. The van der Waals surface area contributed by atoms with E-state index in [1.54, 1.807) is 0 Å². The average Bonchev–Trinajstić information content (AvgIpc) is 2.93. The molecular formula is C15H15N5O. The van der Waals surface area contributed by atoms with Gasteiger partial charge in [0, 0.05) is 11.1 Å². The highest BCUT2D eigenvalue weighted by Crippen LogP contribution is 2.29. The van der Waals surface area contributed by atoms with Crippen LogP contribution in [0.3, 0.4) is 0 Å². The molecule has 1 heterocycles. The van der Waals surface area contributed by atoms with Gasteiger partial charge >= 0.3 is 0 Å². The van der Waals surface area contributed by atoms with Crippen LogP contribution in [0.15, 0.2) is 52.1 Å². The molecule has 0 saturated heterocycles. The number of rotatable bonds is 2. The van der Waals surface area contributed by atoms with E-state index in [4.69, 9.17) is 16.2 Å². The van der Waals surface area contributed by atoms with Crippen LogP contribution in [0, 0.1) is 6.92 Å². The Kier molecular flexibility index (Phi) is 3.29. The van der Waals surface area contributed by atoms with E-state index in [-0.39, 0.29) is 0 Å². The number of hydrogen-bond acceptors (Lipinski definition) is 5. The molecule has 0 aliphatic carbocycles. The van der Waals surface area contributed by atoms with Crippen molar-refractivity contribution in [1.82, 2.24) is 10.6 Å². The van der Waals surface area contributed by atoms with Crippen LogP contribution in [0.1, 0.15) is 11.1 Å². The summed E-state index contributed by atoms with van der Waals surface area (Å²) in [6, 6.07) is 13.6. The molecule has 0 amide bonds. The predicted octanol–water partition coefficient (Wildman–Crippen LogP) is 1.89. The number of nitrogens with one attached hydrogen (secondary N) is 1. The van der Waals surface area contributed by atoms with Gasteiger partial charge in [-0.25, -0.2) is 5.84 Å². The molecule has 106 valence electrons. The molecule has 6 nitrogen and oxygen atoms in total. The lowest BCUT2D eigenvalue weighted by Crippen LogP contribution is -2.31. The number of hydrazone groups is 1. The molecule has 6 heteroatoms. The highest BCUT2D eigenvalue weighted by molar-refractivity contribution is 6.03. The number of aryl methyl sites for hydroxylation is 1. The topological polar surface area (TPSA) is 102 Å². The summed E-state index contributed by atoms with van der Waals surface area (Å²) in [6.07, 6.45) is 0. The van der Waals surface area contributed by atoms with Crippen LogP contribution in [0.2, 0.25) is 0 Å². The number of hydrazine groups is 1. The highest BCUT2D eigenvalue weighted by atomic mass is 16.5. The quantitative estimate of drug-likeness (QED) is 0.288. The van der Waals surface area contributed by atoms with Gasteiger partial charge < -0.3 is 15.8 Å². The summed E-state index contributed by atoms with van der Waals surface area (Å²) < 4.78 is 5.47. The van der Waals surface area contributed by atoms with Gasteiger partial charge in [-0.05, 0) is 25.1 Å². The van der Waals surface area contributed by atoms with Crippen LogP contribution in [-0.2, 0) is 0 Å². The third-order valence-electron chi connectivity index (χ3n) is 3.33. The summed E-state index contributed by atoms with van der Waals surface area (Å²) in [5.74, 6) is 11.8. The van der Waals surface area contributed by atoms with E-state index in [9.17, 15) is 0 Å². The first kappa shape index (κ1) is 13.1. The van der Waals surface area contributed by atoms with E-state index in [0.717, 1.165) is 22.0 Å². The zero-order valence-corrected chi connectivity index (χ0v) is 11.5. The van der Waals surface area contributed by atoms with Crippen molar-refractivity contribution < 1.29 is 4.52 Å². The SMILES string of the molecule is Cc1ccc(-c2onc3ccc(/C(=N/N)NN)cc23)cc1. The van der Waals surface area contributed by atoms with Crippen LogP contribution >= 0.6 is 0 Å². The van der Waals surface area contributed by atoms with Crippen LogP contribution in [-0.4, -0.2) is 11.0 Å². The maximum Gasteiger partial charge on any atom is 0.174 e. The van der Waals surface area contributed by atoms with Gasteiger partial charge in [0.25, 0.3) is 0 Å². The van der Waals surface area contributed by atoms with E-state index in [1.165, 1.54) is 5.56 Å². The van der Waals surface area contributed by atoms with Crippen molar-refractivity contribution in [1.29, 1.82) is 0 Å². The minimum absolute atomic E-state index is 0.396. The van der Waals surface area contributed by atoms with Crippen molar-refractivity contribution in [3.63, 3.8) is 0 Å². The van der Waals surface area contributed by atoms with Crippen LogP contribution in [0.25, 0.3) is 22.2 Å². The Labute approximate surface area is 121 Å². The average molecular weight is 281 g/mol. The van der Waals surface area contributed by atoms with E-state index in [2.05, 4.69) is 15.7 Å². The highest BCUT2D eigenvalue weighted by Gasteiger charge is 2.12. The largest absolute Gasteiger partial charge is 0.355 e. The first-order valence-electron chi connectivity index (χ1n) is 6.44. The Morgan fingerprint density at radius 1 is 1.19 bits per heavy atom. The van der Waals surface area contributed by atoms with Crippen molar-refractivity contribution >= 4 is 16.7 Å². The van der Waals surface area contributed by atoms with Gasteiger partial charge in [0.15, 0.2) is 11.6 Å². The van der Waals surface area contributed by atoms with Crippen LogP contribution in [0.4, 0.5) is 0 Å². The van der Waals surface area contributed by atoms with Crippen LogP contribution in [0.5, 0.6) is 0 Å². The molecule has 0 saturated carbocycles. The van der Waals surface area contributed by atoms with E-state index < -0.39 is 0 Å². The summed E-state index contributed by atoms with van der Waals surface area (Å²) in [5.41, 5.74) is 6.15. The van der Waals surface area contributed by atoms with Gasteiger partial charge in [-0.15, -0.1) is 0 Å². The fraction of sp³-hybridized carbons (Fsp3) is 0.0667. The molecule has 0 aliphatic rings. The molecular weight excluding hydrogens is 266 g/mol. The van der Waals surface area contributed by atoms with Gasteiger partial charge in [0.1, 0.15) is 5.52 Å². The van der Waals surface area contributed by atoms with Gasteiger partial charge in [0.05, 0.1) is 5.39 Å². The molecule has 0 spiro atoms. The predicted molar refractivity (Wildman–Crippen MR) is 82.2 cm³/mol. The second-order valence-electron chi connectivity index (χ2n) is 4.73. The van der Waals surface area contributed by atoms with Crippen molar-refractivity contribution in [2.24, 2.45) is 16.8 Å². The lowest BCUT2D eigenvalue weighted by molar-refractivity contribution is 0.441. The van der Waals surface area contributed by atoms with E-state index in [0.29, 0.717) is 11.6 Å². The summed E-state index contributed by atoms with van der Waals surface area (Å²) >= 11 is 0. The molecule has 0 atom stereocenters. The summed E-state index contributed by atoms with van der Waals surface area (Å²) in [4.78, 5) is 0. The van der Waals surface area contributed by atoms with Crippen molar-refractivity contribution in [3.8, 4) is 11.3 Å². The number of nitrogens with two attached hydrogens (primary N) is 2. The number of hydrogen-bond donors (Lipinski definition) is 3. The normalized spacial score (nSPS) is 11.8. The molecule has 0 bridgehead atoms. The summed E-state index contributed by atoms with van der Waals surface area (Å²) in [6.45, 7) is 2.04. The lowest BCUT2D eigenvalue weighted by atomic mass is 10.0. The molecule has 2 aromatic carbocycles. The van der Waals surface area contributed by atoms with E-state index >= 15 is 0 Å². The fourth-order valence-electron chi connectivity index (χ4n) is 2.20. The first-order valence-corrected chi connectivity index (χ1v) is 6.44. The second-order valence-corrected chi connectivity index (χ2v) is 4.73. The summed E-state index contributed by atoms with van der Waals surface area (Å²) in [5, 5.41) is 8.57. The molecule has 5 N–H and O–H groups in total. The maximum absolute atomic E-state index is 5.47. The molecule has 0 radical (unpaired) electrons. The molecule has 1 aromatic heterocycles. The minimum Gasteiger partial charge on any atom is -0.355 e. The Hall–Kier alpha value is -2.86. The van der Waals surface area contributed by atoms with Gasteiger partial charge in [-0.3, -0.25) is 0 Å². The third-order valence-corrected chi connectivity index (χ3v) is 3.33. The van der Waals surface area contributed by atoms with Crippen LogP contribution < -0.4 is 17.1 Å². The Balaban J connectivity index is 2.16. The molecule has 21 heavy (non-hydrogen) atoms. The van der Waals surface area contributed by atoms with Gasteiger partial charge in [-0.1, -0.05) is 35.0 Å². The minimum atomic E-state index is 0.396. The molecule has 3 rings (SSSR count). The smallest absolute Gasteiger partial charge is 0.174 e. The number of aromatic nitrogens is 1. The van der Waals surface area contributed by atoms with Crippen molar-refractivity contribution in [3.05, 3.63) is 53.6 Å². The number of nitrogens with zero attached hydrogens (tertiary/aromatic N) is 2. The zero-order valence-electron chi connectivity index (χ0n) is 11.5. The number of benzene rings is 2. The van der Waals surface area contributed by atoms with Gasteiger partial charge in [-0.2, -0.15) is 5.10 Å². The van der Waals surface area contributed by atoms with Crippen molar-refractivity contribution in [2.45, 2.75) is 6.92 Å². The zero-order chi connectivity index (χ0) is 14.8. The Morgan fingerprint density at radius 3 is 2.62 bits per heavy atom. The third kappa shape index (κ3) is 2.32. The lowest BCUT2D eigenvalue weighted by Gasteiger charge is -2.04. The first-order chi connectivity index (χ1) is 10.2. The standard InChI is InChI=1S/C15H15N5O/c1-9-2-4-10(5-3-9)14-12-8-11(15(18-16)19-17)6-7-13(12)20-21-14/h2-8H,16-17H2,1H3,(H,18,19). The fourth-order valence-corrected chi connectivity index (χ4v) is 2.20. The second kappa shape index (κ2) is 5.26. The Morgan fingerprint density at radius 2 is 1.95 bits per heavy atom. The maximum atomic E-state index is 5.47. The number of amidine groups is 1. The Bertz CT molecular complexity index is 805. The monoisotopic (exact) mass is 281 g/mol. The number of fused-ring (bicyclic) bond motifs is 1. The molecule has 0 unspecified atom stereocenters. The van der Waals surface area contributed by atoms with E-state index in [1.807, 2.05) is 49.4 Å². The molecule has 0 aliphatic heterocycles. The van der Waals surface area contributed by atoms with Crippen molar-refractivity contribution in [2.75, 3.05) is 0 Å².